The highest BCUT2D eigenvalue weighted by Crippen LogP contribution is 2.19. The molecule has 122 valence electrons. The quantitative estimate of drug-likeness (QED) is 0.698. The molecular formula is C14H17N5O3S. The Balaban J connectivity index is 1.62. The molecule has 0 aliphatic carbocycles. The first-order chi connectivity index (χ1) is 11.0. The van der Waals surface area contributed by atoms with Gasteiger partial charge in [-0.05, 0) is 25.5 Å². The third-order valence-electron chi connectivity index (χ3n) is 3.42. The molecule has 23 heavy (non-hydrogen) atoms. The first kappa shape index (κ1) is 15.6. The monoisotopic (exact) mass is 335 g/mol. The largest absolute Gasteiger partial charge is 0.356 e. The molecule has 1 aromatic carbocycles. The van der Waals surface area contributed by atoms with Crippen molar-refractivity contribution in [1.82, 2.24) is 24.6 Å². The third kappa shape index (κ3) is 3.93. The Morgan fingerprint density at radius 1 is 1.35 bits per heavy atom. The minimum absolute atomic E-state index is 0.211. The molecule has 0 saturated carbocycles. The van der Waals surface area contributed by atoms with E-state index in [1.165, 1.54) is 6.33 Å². The van der Waals surface area contributed by atoms with E-state index in [-0.39, 0.29) is 11.8 Å². The number of fused-ring (bicyclic) bond motifs is 1. The summed E-state index contributed by atoms with van der Waals surface area (Å²) in [7, 11) is -3.50. The summed E-state index contributed by atoms with van der Waals surface area (Å²) in [6.07, 6.45) is 3.66. The highest BCUT2D eigenvalue weighted by molar-refractivity contribution is 7.88. The van der Waals surface area contributed by atoms with Gasteiger partial charge in [-0.3, -0.25) is 4.68 Å². The Hall–Kier alpha value is -2.26. The number of rotatable bonds is 7. The van der Waals surface area contributed by atoms with Crippen molar-refractivity contribution in [2.45, 2.75) is 31.7 Å². The number of nitrogens with one attached hydrogen (secondary N) is 1. The van der Waals surface area contributed by atoms with Crippen molar-refractivity contribution >= 4 is 21.0 Å². The topological polar surface area (TPSA) is 103 Å². The van der Waals surface area contributed by atoms with E-state index in [1.807, 2.05) is 19.1 Å². The molecule has 0 amide bonds. The van der Waals surface area contributed by atoms with Crippen LogP contribution in [-0.2, 0) is 22.3 Å². The van der Waals surface area contributed by atoms with Crippen molar-refractivity contribution in [3.63, 3.8) is 0 Å². The summed E-state index contributed by atoms with van der Waals surface area (Å²) in [4.78, 5) is 3.85. The Morgan fingerprint density at radius 2 is 2.17 bits per heavy atom. The van der Waals surface area contributed by atoms with E-state index in [9.17, 15) is 8.42 Å². The summed E-state index contributed by atoms with van der Waals surface area (Å²) in [5, 5.41) is 8.56. The van der Waals surface area contributed by atoms with Gasteiger partial charge < -0.3 is 4.52 Å². The van der Waals surface area contributed by atoms with Gasteiger partial charge in [-0.1, -0.05) is 17.3 Å². The first-order valence-corrected chi connectivity index (χ1v) is 8.84. The van der Waals surface area contributed by atoms with Gasteiger partial charge in [0.05, 0.1) is 0 Å². The molecule has 0 bridgehead atoms. The summed E-state index contributed by atoms with van der Waals surface area (Å²) in [5.74, 6) is -0.211. The molecule has 8 nitrogen and oxygen atoms in total. The highest BCUT2D eigenvalue weighted by atomic mass is 32.2. The Morgan fingerprint density at radius 3 is 2.96 bits per heavy atom. The molecule has 1 atom stereocenters. The van der Waals surface area contributed by atoms with Gasteiger partial charge in [0, 0.05) is 18.0 Å². The minimum atomic E-state index is -3.50. The number of nitrogens with zero attached hydrogens (tertiary/aromatic N) is 4. The molecule has 2 aromatic heterocycles. The van der Waals surface area contributed by atoms with Crippen molar-refractivity contribution in [1.29, 1.82) is 0 Å². The lowest BCUT2D eigenvalue weighted by Gasteiger charge is -2.13. The summed E-state index contributed by atoms with van der Waals surface area (Å²) in [5.41, 5.74) is 0.994. The van der Waals surface area contributed by atoms with E-state index < -0.39 is 10.0 Å². The van der Waals surface area contributed by atoms with Gasteiger partial charge in [0.2, 0.25) is 10.0 Å². The Bertz CT molecular complexity index is 873. The molecule has 9 heteroatoms. The lowest BCUT2D eigenvalue weighted by atomic mass is 10.2. The fourth-order valence-corrected chi connectivity index (χ4v) is 3.69. The number of para-hydroxylation sites is 1. The van der Waals surface area contributed by atoms with Crippen molar-refractivity contribution in [3.05, 3.63) is 42.6 Å². The summed E-state index contributed by atoms with van der Waals surface area (Å²) >= 11 is 0. The molecule has 0 aliphatic rings. The van der Waals surface area contributed by atoms with Gasteiger partial charge in [0.25, 0.3) is 0 Å². The third-order valence-corrected chi connectivity index (χ3v) is 4.83. The van der Waals surface area contributed by atoms with Crippen LogP contribution in [0.5, 0.6) is 0 Å². The van der Waals surface area contributed by atoms with E-state index in [4.69, 9.17) is 4.52 Å². The van der Waals surface area contributed by atoms with Gasteiger partial charge >= 0.3 is 0 Å². The predicted octanol–water partition coefficient (Wildman–Crippen LogP) is 1.32. The van der Waals surface area contributed by atoms with Crippen LogP contribution in [0.3, 0.4) is 0 Å². The number of aromatic nitrogens is 4. The lowest BCUT2D eigenvalue weighted by Crippen LogP contribution is -2.34. The van der Waals surface area contributed by atoms with Gasteiger partial charge in [-0.15, -0.1) is 0 Å². The maximum Gasteiger partial charge on any atom is 0.217 e. The highest BCUT2D eigenvalue weighted by Gasteiger charge is 2.19. The van der Waals surface area contributed by atoms with Crippen LogP contribution in [0, 0.1) is 0 Å². The number of hydrogen-bond acceptors (Lipinski definition) is 6. The zero-order valence-corrected chi connectivity index (χ0v) is 13.4. The van der Waals surface area contributed by atoms with Crippen molar-refractivity contribution in [3.8, 4) is 0 Å². The van der Waals surface area contributed by atoms with Crippen LogP contribution in [0.2, 0.25) is 0 Å². The zero-order valence-electron chi connectivity index (χ0n) is 12.6. The average Bonchev–Trinajstić information content (AvgIpc) is 3.15. The van der Waals surface area contributed by atoms with Crippen LogP contribution in [0.4, 0.5) is 0 Å². The standard InChI is InChI=1S/C14H17N5O3S/c1-11(6-7-19-10-15-9-16-19)18-23(20,21)8-13-12-4-2-3-5-14(12)22-17-13/h2-5,9-11,18H,6-8H2,1H3. The summed E-state index contributed by atoms with van der Waals surface area (Å²) in [6.45, 7) is 2.41. The fourth-order valence-electron chi connectivity index (χ4n) is 2.30. The molecule has 3 rings (SSSR count). The molecule has 1 unspecified atom stereocenters. The van der Waals surface area contributed by atoms with Gasteiger partial charge in [0.1, 0.15) is 24.1 Å². The molecule has 2 heterocycles. The predicted molar refractivity (Wildman–Crippen MR) is 83.9 cm³/mol. The van der Waals surface area contributed by atoms with Crippen molar-refractivity contribution in [2.24, 2.45) is 0 Å². The van der Waals surface area contributed by atoms with E-state index in [0.717, 1.165) is 0 Å². The second kappa shape index (κ2) is 6.47. The number of sulfonamides is 1. The Labute approximate surface area is 133 Å². The van der Waals surface area contributed by atoms with E-state index in [0.29, 0.717) is 29.6 Å². The molecular weight excluding hydrogens is 318 g/mol. The van der Waals surface area contributed by atoms with Gasteiger partial charge in [0.15, 0.2) is 5.58 Å². The van der Waals surface area contributed by atoms with Crippen molar-refractivity contribution in [2.75, 3.05) is 0 Å². The molecule has 0 fully saturated rings. The van der Waals surface area contributed by atoms with Crippen LogP contribution in [0.1, 0.15) is 19.0 Å². The smallest absolute Gasteiger partial charge is 0.217 e. The van der Waals surface area contributed by atoms with Gasteiger partial charge in [-0.2, -0.15) is 5.10 Å². The van der Waals surface area contributed by atoms with Crippen LogP contribution < -0.4 is 4.72 Å². The van der Waals surface area contributed by atoms with Crippen LogP contribution in [0.15, 0.2) is 41.4 Å². The maximum absolute atomic E-state index is 12.3. The molecule has 1 N–H and O–H groups in total. The van der Waals surface area contributed by atoms with Crippen LogP contribution >= 0.6 is 0 Å². The first-order valence-electron chi connectivity index (χ1n) is 7.19. The summed E-state index contributed by atoms with van der Waals surface area (Å²) < 4.78 is 34.0. The normalized spacial score (nSPS) is 13.4. The van der Waals surface area contributed by atoms with E-state index in [2.05, 4.69) is 20.0 Å². The molecule has 0 spiro atoms. The zero-order chi connectivity index (χ0) is 16.3. The Kier molecular flexibility index (Phi) is 4.39. The number of hydrogen-bond donors (Lipinski definition) is 1. The molecule has 3 aromatic rings. The molecule has 0 saturated heterocycles. The average molecular weight is 335 g/mol. The summed E-state index contributed by atoms with van der Waals surface area (Å²) in [6, 6.07) is 6.97. The fraction of sp³-hybridized carbons (Fsp3) is 0.357. The SMILES string of the molecule is CC(CCn1cncn1)NS(=O)(=O)Cc1noc2ccccc12. The lowest BCUT2D eigenvalue weighted by molar-refractivity contribution is 0.447. The number of aryl methyl sites for hydroxylation is 1. The maximum atomic E-state index is 12.3. The van der Waals surface area contributed by atoms with E-state index in [1.54, 1.807) is 23.1 Å². The second-order valence-electron chi connectivity index (χ2n) is 5.35. The van der Waals surface area contributed by atoms with Crippen LogP contribution in [-0.4, -0.2) is 34.4 Å². The minimum Gasteiger partial charge on any atom is -0.356 e. The van der Waals surface area contributed by atoms with Crippen molar-refractivity contribution < 1.29 is 12.9 Å². The second-order valence-corrected chi connectivity index (χ2v) is 7.10. The van der Waals surface area contributed by atoms with Gasteiger partial charge in [-0.25, -0.2) is 18.1 Å². The number of benzene rings is 1. The van der Waals surface area contributed by atoms with Crippen LogP contribution in [0.25, 0.3) is 11.0 Å². The van der Waals surface area contributed by atoms with E-state index >= 15 is 0 Å². The molecule has 0 aliphatic heterocycles. The molecule has 0 radical (unpaired) electrons.